The molecule has 0 aliphatic rings. The molecule has 0 aliphatic carbocycles. The van der Waals surface area contributed by atoms with Crippen molar-refractivity contribution in [2.24, 2.45) is 0 Å². The molecule has 4 rings (SSSR count). The molecular weight excluding hydrogens is 450 g/mol. The topological polar surface area (TPSA) is 102 Å². The number of carbonyl (C=O) groups is 2. The summed E-state index contributed by atoms with van der Waals surface area (Å²) in [5.41, 5.74) is 3.91. The highest BCUT2D eigenvalue weighted by molar-refractivity contribution is 8.00. The first-order valence-corrected chi connectivity index (χ1v) is 12.0. The molecule has 2 amide bonds. The van der Waals surface area contributed by atoms with Crippen molar-refractivity contribution < 1.29 is 14.1 Å². The second-order valence-corrected chi connectivity index (χ2v) is 8.68. The minimum absolute atomic E-state index is 0.142. The third kappa shape index (κ3) is 6.58. The summed E-state index contributed by atoms with van der Waals surface area (Å²) in [5.74, 6) is 0.913. The van der Waals surface area contributed by atoms with E-state index in [0.717, 1.165) is 22.4 Å². The number of benzene rings is 2. The van der Waals surface area contributed by atoms with Crippen LogP contribution in [-0.4, -0.2) is 38.3 Å². The Bertz CT molecular complexity index is 1240. The second kappa shape index (κ2) is 11.3. The van der Waals surface area contributed by atoms with E-state index in [-0.39, 0.29) is 23.3 Å². The van der Waals surface area contributed by atoms with Gasteiger partial charge in [0.2, 0.25) is 11.8 Å². The van der Waals surface area contributed by atoms with Crippen LogP contribution < -0.4 is 10.6 Å². The first-order valence-electron chi connectivity index (χ1n) is 10.8. The van der Waals surface area contributed by atoms with Crippen LogP contribution in [0.3, 0.4) is 0 Å². The van der Waals surface area contributed by atoms with Crippen LogP contribution in [-0.2, 0) is 22.7 Å². The molecule has 0 aliphatic heterocycles. The fourth-order valence-corrected chi connectivity index (χ4v) is 4.02. The Kier molecular flexibility index (Phi) is 7.77. The summed E-state index contributed by atoms with van der Waals surface area (Å²) in [4.78, 5) is 24.4. The SMILES string of the molecule is Cc1cc(NC(=O)CSCC(=O)NCc2cn(Cc3ccccc3)nc2-c2ccccc2)no1. The van der Waals surface area contributed by atoms with Crippen LogP contribution in [0.25, 0.3) is 11.3 Å². The minimum Gasteiger partial charge on any atom is -0.360 e. The first kappa shape index (κ1) is 23.3. The molecule has 0 bridgehead atoms. The van der Waals surface area contributed by atoms with Gasteiger partial charge in [-0.1, -0.05) is 65.8 Å². The Morgan fingerprint density at radius 2 is 1.71 bits per heavy atom. The molecule has 2 N–H and O–H groups in total. The summed E-state index contributed by atoms with van der Waals surface area (Å²) in [6.07, 6.45) is 1.97. The summed E-state index contributed by atoms with van der Waals surface area (Å²) in [6.45, 7) is 2.74. The molecule has 0 radical (unpaired) electrons. The van der Waals surface area contributed by atoms with Gasteiger partial charge in [-0.05, 0) is 12.5 Å². The van der Waals surface area contributed by atoms with Gasteiger partial charge in [0.05, 0.1) is 23.7 Å². The molecule has 0 atom stereocenters. The number of nitrogens with zero attached hydrogens (tertiary/aromatic N) is 3. The Morgan fingerprint density at radius 3 is 2.41 bits per heavy atom. The summed E-state index contributed by atoms with van der Waals surface area (Å²) in [7, 11) is 0. The largest absolute Gasteiger partial charge is 0.360 e. The number of hydrogen-bond donors (Lipinski definition) is 2. The fourth-order valence-electron chi connectivity index (χ4n) is 3.37. The first-order chi connectivity index (χ1) is 16.6. The summed E-state index contributed by atoms with van der Waals surface area (Å²) < 4.78 is 6.81. The molecule has 0 spiro atoms. The number of hydrogen-bond acceptors (Lipinski definition) is 6. The van der Waals surface area contributed by atoms with Gasteiger partial charge < -0.3 is 15.2 Å². The van der Waals surface area contributed by atoms with E-state index >= 15 is 0 Å². The van der Waals surface area contributed by atoms with Gasteiger partial charge in [0.1, 0.15) is 5.76 Å². The number of aromatic nitrogens is 3. The molecule has 2 aromatic carbocycles. The maximum atomic E-state index is 12.4. The third-order valence-electron chi connectivity index (χ3n) is 4.91. The molecule has 174 valence electrons. The average Bonchev–Trinajstić information content (AvgIpc) is 3.44. The molecule has 4 aromatic rings. The Hall–Kier alpha value is -3.85. The molecule has 2 heterocycles. The van der Waals surface area contributed by atoms with Crippen molar-refractivity contribution in [3.63, 3.8) is 0 Å². The number of thioether (sulfide) groups is 1. The van der Waals surface area contributed by atoms with Crippen molar-refractivity contribution in [2.75, 3.05) is 16.8 Å². The van der Waals surface area contributed by atoms with Gasteiger partial charge in [-0.3, -0.25) is 14.3 Å². The van der Waals surface area contributed by atoms with E-state index in [0.29, 0.717) is 24.7 Å². The van der Waals surface area contributed by atoms with E-state index in [1.165, 1.54) is 11.8 Å². The molecule has 2 aromatic heterocycles. The number of nitrogens with one attached hydrogen (secondary N) is 2. The Labute approximate surface area is 201 Å². The van der Waals surface area contributed by atoms with Crippen LogP contribution in [0.15, 0.2) is 77.4 Å². The predicted molar refractivity (Wildman–Crippen MR) is 132 cm³/mol. The van der Waals surface area contributed by atoms with Gasteiger partial charge in [0, 0.05) is 29.9 Å². The predicted octanol–water partition coefficient (Wildman–Crippen LogP) is 3.88. The smallest absolute Gasteiger partial charge is 0.235 e. The molecule has 0 fully saturated rings. The molecule has 0 unspecified atom stereocenters. The van der Waals surface area contributed by atoms with E-state index in [1.807, 2.05) is 59.4 Å². The van der Waals surface area contributed by atoms with Crippen LogP contribution in [0, 0.1) is 6.92 Å². The molecular formula is C25H25N5O3S. The maximum absolute atomic E-state index is 12.4. The number of amides is 2. The second-order valence-electron chi connectivity index (χ2n) is 7.69. The molecule has 8 nitrogen and oxygen atoms in total. The zero-order valence-corrected chi connectivity index (χ0v) is 19.5. The van der Waals surface area contributed by atoms with Crippen molar-refractivity contribution in [1.82, 2.24) is 20.3 Å². The highest BCUT2D eigenvalue weighted by Gasteiger charge is 2.13. The molecule has 34 heavy (non-hydrogen) atoms. The quantitative estimate of drug-likeness (QED) is 0.361. The summed E-state index contributed by atoms with van der Waals surface area (Å²) in [5, 5.41) is 14.1. The molecule has 0 saturated carbocycles. The van der Waals surface area contributed by atoms with E-state index < -0.39 is 0 Å². The van der Waals surface area contributed by atoms with Crippen molar-refractivity contribution in [1.29, 1.82) is 0 Å². The highest BCUT2D eigenvalue weighted by atomic mass is 32.2. The monoisotopic (exact) mass is 475 g/mol. The van der Waals surface area contributed by atoms with Gasteiger partial charge in [-0.2, -0.15) is 5.10 Å². The summed E-state index contributed by atoms with van der Waals surface area (Å²) in [6, 6.07) is 21.7. The van der Waals surface area contributed by atoms with Gasteiger partial charge in [-0.15, -0.1) is 11.8 Å². The standard InChI is InChI=1S/C25H25N5O3S/c1-18-12-22(29-33-18)27-24(32)17-34-16-23(31)26-13-21-15-30(14-19-8-4-2-5-9-19)28-25(21)20-10-6-3-7-11-20/h2-12,15H,13-14,16-17H2,1H3,(H,26,31)(H,27,29,32). The number of anilines is 1. The minimum atomic E-state index is -0.236. The van der Waals surface area contributed by atoms with Crippen molar-refractivity contribution >= 4 is 29.4 Å². The van der Waals surface area contributed by atoms with E-state index in [9.17, 15) is 9.59 Å². The number of aryl methyl sites for hydroxylation is 1. The molecule has 0 saturated heterocycles. The van der Waals surface area contributed by atoms with E-state index in [2.05, 4.69) is 27.9 Å². The van der Waals surface area contributed by atoms with Crippen molar-refractivity contribution in [3.05, 3.63) is 89.8 Å². The van der Waals surface area contributed by atoms with Crippen LogP contribution in [0.4, 0.5) is 5.82 Å². The highest BCUT2D eigenvalue weighted by Crippen LogP contribution is 2.22. The van der Waals surface area contributed by atoms with Crippen LogP contribution in [0.1, 0.15) is 16.9 Å². The molecule has 9 heteroatoms. The van der Waals surface area contributed by atoms with E-state index in [4.69, 9.17) is 9.62 Å². The lowest BCUT2D eigenvalue weighted by molar-refractivity contribution is -0.118. The average molecular weight is 476 g/mol. The zero-order chi connectivity index (χ0) is 23.8. The van der Waals surface area contributed by atoms with E-state index in [1.54, 1.807) is 13.0 Å². The van der Waals surface area contributed by atoms with Crippen LogP contribution >= 0.6 is 11.8 Å². The number of rotatable bonds is 10. The van der Waals surface area contributed by atoms with Crippen molar-refractivity contribution in [2.45, 2.75) is 20.0 Å². The fraction of sp³-hybridized carbons (Fsp3) is 0.200. The summed E-state index contributed by atoms with van der Waals surface area (Å²) >= 11 is 1.23. The Balaban J connectivity index is 1.32. The normalized spacial score (nSPS) is 10.7. The number of carbonyl (C=O) groups excluding carboxylic acids is 2. The lowest BCUT2D eigenvalue weighted by Gasteiger charge is -2.06. The zero-order valence-electron chi connectivity index (χ0n) is 18.7. The lowest BCUT2D eigenvalue weighted by Crippen LogP contribution is -2.25. The third-order valence-corrected chi connectivity index (χ3v) is 5.84. The van der Waals surface area contributed by atoms with Crippen molar-refractivity contribution in [3.8, 4) is 11.3 Å². The van der Waals surface area contributed by atoms with Crippen LogP contribution in [0.2, 0.25) is 0 Å². The maximum Gasteiger partial charge on any atom is 0.235 e. The Morgan fingerprint density at radius 1 is 1.00 bits per heavy atom. The van der Waals surface area contributed by atoms with Crippen LogP contribution in [0.5, 0.6) is 0 Å². The lowest BCUT2D eigenvalue weighted by atomic mass is 10.1. The van der Waals surface area contributed by atoms with Gasteiger partial charge >= 0.3 is 0 Å². The van der Waals surface area contributed by atoms with Gasteiger partial charge in [0.15, 0.2) is 5.82 Å². The van der Waals surface area contributed by atoms with Gasteiger partial charge in [0.25, 0.3) is 0 Å². The van der Waals surface area contributed by atoms with Gasteiger partial charge in [-0.25, -0.2) is 0 Å².